The van der Waals surface area contributed by atoms with Crippen LogP contribution in [0, 0.1) is 5.82 Å². The quantitative estimate of drug-likeness (QED) is 0.556. The van der Waals surface area contributed by atoms with E-state index in [2.05, 4.69) is 15.5 Å². The van der Waals surface area contributed by atoms with Gasteiger partial charge in [0.05, 0.1) is 5.75 Å². The lowest BCUT2D eigenvalue weighted by molar-refractivity contribution is -0.118. The second kappa shape index (κ2) is 8.37. The summed E-state index contributed by atoms with van der Waals surface area (Å²) in [4.78, 5) is 11.5. The van der Waals surface area contributed by atoms with Gasteiger partial charge in [0.2, 0.25) is 11.1 Å². The highest BCUT2D eigenvalue weighted by molar-refractivity contribution is 7.99. The number of aromatic nitrogens is 3. The number of benzene rings is 1. The van der Waals surface area contributed by atoms with E-state index in [0.717, 1.165) is 6.42 Å². The summed E-state index contributed by atoms with van der Waals surface area (Å²) in [6.07, 6.45) is 0.883. The normalized spacial score (nSPS) is 10.5. The Hall–Kier alpha value is -2.29. The lowest BCUT2D eigenvalue weighted by Crippen LogP contribution is -2.26. The van der Waals surface area contributed by atoms with E-state index in [1.807, 2.05) is 6.92 Å². The Morgan fingerprint density at radius 1 is 1.39 bits per heavy atom. The maximum Gasteiger partial charge on any atom is 0.230 e. The number of ether oxygens (including phenoxy) is 1. The van der Waals surface area contributed by atoms with Crippen molar-refractivity contribution in [1.29, 1.82) is 0 Å². The van der Waals surface area contributed by atoms with Crippen LogP contribution in [0.4, 0.5) is 4.39 Å². The van der Waals surface area contributed by atoms with Crippen molar-refractivity contribution >= 4 is 17.7 Å². The standard InChI is InChI=1S/C14H18FN5O2S/c1-2-7-17-13(21)9-23-14-19-18-12(20(14)16)8-22-11-5-3-10(15)4-6-11/h3-6H,2,7-9,16H2,1H3,(H,17,21). The van der Waals surface area contributed by atoms with E-state index in [-0.39, 0.29) is 24.1 Å². The molecule has 1 heterocycles. The number of hydrogen-bond acceptors (Lipinski definition) is 6. The van der Waals surface area contributed by atoms with Gasteiger partial charge in [0.15, 0.2) is 5.82 Å². The maximum atomic E-state index is 12.8. The number of amides is 1. The molecular weight excluding hydrogens is 321 g/mol. The summed E-state index contributed by atoms with van der Waals surface area (Å²) >= 11 is 1.20. The number of nitrogens with one attached hydrogen (secondary N) is 1. The molecule has 0 fully saturated rings. The number of rotatable bonds is 8. The lowest BCUT2D eigenvalue weighted by Gasteiger charge is -2.06. The smallest absolute Gasteiger partial charge is 0.230 e. The first-order valence-corrected chi connectivity index (χ1v) is 8.06. The van der Waals surface area contributed by atoms with Crippen molar-refractivity contribution in [3.8, 4) is 5.75 Å². The molecule has 0 aliphatic heterocycles. The number of halogens is 1. The summed E-state index contributed by atoms with van der Waals surface area (Å²) in [5.41, 5.74) is 0. The van der Waals surface area contributed by atoms with Gasteiger partial charge in [-0.15, -0.1) is 10.2 Å². The number of carbonyl (C=O) groups is 1. The molecule has 124 valence electrons. The summed E-state index contributed by atoms with van der Waals surface area (Å²) in [6.45, 7) is 2.72. The molecule has 23 heavy (non-hydrogen) atoms. The van der Waals surface area contributed by atoms with E-state index in [0.29, 0.717) is 23.3 Å². The molecule has 3 N–H and O–H groups in total. The van der Waals surface area contributed by atoms with Gasteiger partial charge in [-0.2, -0.15) is 0 Å². The van der Waals surface area contributed by atoms with Crippen LogP contribution in [0.2, 0.25) is 0 Å². The molecule has 9 heteroatoms. The monoisotopic (exact) mass is 339 g/mol. The molecule has 7 nitrogen and oxygen atoms in total. The molecule has 1 amide bonds. The molecule has 0 aliphatic rings. The van der Waals surface area contributed by atoms with Crippen molar-refractivity contribution in [2.75, 3.05) is 18.1 Å². The number of thioether (sulfide) groups is 1. The second-order valence-corrected chi connectivity index (χ2v) is 5.59. The van der Waals surface area contributed by atoms with E-state index in [1.165, 1.54) is 40.7 Å². The van der Waals surface area contributed by atoms with Crippen molar-refractivity contribution in [1.82, 2.24) is 20.2 Å². The van der Waals surface area contributed by atoms with Crippen LogP contribution >= 0.6 is 11.8 Å². The third-order valence-corrected chi connectivity index (χ3v) is 3.76. The van der Waals surface area contributed by atoms with Crippen LogP contribution in [0.5, 0.6) is 5.75 Å². The van der Waals surface area contributed by atoms with Gasteiger partial charge in [-0.05, 0) is 30.7 Å². The molecule has 0 saturated heterocycles. The Kier molecular flexibility index (Phi) is 6.21. The minimum absolute atomic E-state index is 0.0797. The van der Waals surface area contributed by atoms with Gasteiger partial charge in [0.1, 0.15) is 18.2 Å². The Bertz CT molecular complexity index is 647. The number of hydrogen-bond donors (Lipinski definition) is 2. The highest BCUT2D eigenvalue weighted by Crippen LogP contribution is 2.16. The first kappa shape index (κ1) is 17.1. The Morgan fingerprint density at radius 2 is 2.13 bits per heavy atom. The fourth-order valence-electron chi connectivity index (χ4n) is 1.63. The van der Waals surface area contributed by atoms with Crippen molar-refractivity contribution < 1.29 is 13.9 Å². The summed E-state index contributed by atoms with van der Waals surface area (Å²) in [5.74, 6) is 6.59. The molecule has 0 saturated carbocycles. The minimum Gasteiger partial charge on any atom is -0.486 e. The molecule has 1 aromatic heterocycles. The van der Waals surface area contributed by atoms with Gasteiger partial charge in [-0.1, -0.05) is 18.7 Å². The molecule has 0 aliphatic carbocycles. The fourth-order valence-corrected chi connectivity index (χ4v) is 2.33. The van der Waals surface area contributed by atoms with Crippen LogP contribution in [0.15, 0.2) is 29.4 Å². The van der Waals surface area contributed by atoms with Crippen LogP contribution in [0.1, 0.15) is 19.2 Å². The molecular formula is C14H18FN5O2S. The predicted octanol–water partition coefficient (Wildman–Crippen LogP) is 1.33. The minimum atomic E-state index is -0.334. The average molecular weight is 339 g/mol. The van der Waals surface area contributed by atoms with E-state index < -0.39 is 0 Å². The summed E-state index contributed by atoms with van der Waals surface area (Å²) in [6, 6.07) is 5.64. The first-order chi connectivity index (χ1) is 11.1. The van der Waals surface area contributed by atoms with Gasteiger partial charge >= 0.3 is 0 Å². The zero-order chi connectivity index (χ0) is 16.7. The molecule has 0 unspecified atom stereocenters. The number of nitrogens with two attached hydrogens (primary N) is 1. The van der Waals surface area contributed by atoms with Crippen LogP contribution in [-0.4, -0.2) is 33.1 Å². The topological polar surface area (TPSA) is 95.1 Å². The third-order valence-electron chi connectivity index (χ3n) is 2.82. The summed E-state index contributed by atoms with van der Waals surface area (Å²) < 4.78 is 19.5. The van der Waals surface area contributed by atoms with E-state index in [9.17, 15) is 9.18 Å². The number of nitrogen functional groups attached to an aromatic ring is 1. The number of carbonyl (C=O) groups excluding carboxylic acids is 1. The zero-order valence-corrected chi connectivity index (χ0v) is 13.5. The molecule has 1 aromatic carbocycles. The van der Waals surface area contributed by atoms with Gasteiger partial charge in [-0.3, -0.25) is 4.79 Å². The van der Waals surface area contributed by atoms with Gasteiger partial charge < -0.3 is 15.9 Å². The molecule has 2 aromatic rings. The van der Waals surface area contributed by atoms with Crippen molar-refractivity contribution in [3.05, 3.63) is 35.9 Å². The van der Waals surface area contributed by atoms with Crippen LogP contribution in [0.25, 0.3) is 0 Å². The second-order valence-electron chi connectivity index (χ2n) is 4.65. The van der Waals surface area contributed by atoms with Crippen LogP contribution < -0.4 is 15.9 Å². The predicted molar refractivity (Wildman–Crippen MR) is 84.9 cm³/mol. The van der Waals surface area contributed by atoms with Crippen molar-refractivity contribution in [2.24, 2.45) is 0 Å². The Balaban J connectivity index is 1.86. The van der Waals surface area contributed by atoms with Crippen molar-refractivity contribution in [2.45, 2.75) is 25.1 Å². The van der Waals surface area contributed by atoms with E-state index in [4.69, 9.17) is 10.6 Å². The molecule has 0 spiro atoms. The Morgan fingerprint density at radius 3 is 2.83 bits per heavy atom. The first-order valence-electron chi connectivity index (χ1n) is 7.07. The van der Waals surface area contributed by atoms with Gasteiger partial charge in [0.25, 0.3) is 0 Å². The van der Waals surface area contributed by atoms with Gasteiger partial charge in [0, 0.05) is 6.54 Å². The summed E-state index contributed by atoms with van der Waals surface area (Å²) in [7, 11) is 0. The Labute approximate surface area is 137 Å². The zero-order valence-electron chi connectivity index (χ0n) is 12.7. The lowest BCUT2D eigenvalue weighted by atomic mass is 10.3. The van der Waals surface area contributed by atoms with E-state index >= 15 is 0 Å². The highest BCUT2D eigenvalue weighted by Gasteiger charge is 2.12. The molecule has 0 radical (unpaired) electrons. The number of nitrogens with zero attached hydrogens (tertiary/aromatic N) is 3. The molecule has 0 bridgehead atoms. The maximum absolute atomic E-state index is 12.8. The largest absolute Gasteiger partial charge is 0.486 e. The molecule has 0 atom stereocenters. The SMILES string of the molecule is CCCNC(=O)CSc1nnc(COc2ccc(F)cc2)n1N. The van der Waals surface area contributed by atoms with E-state index in [1.54, 1.807) is 0 Å². The van der Waals surface area contributed by atoms with Crippen LogP contribution in [-0.2, 0) is 11.4 Å². The highest BCUT2D eigenvalue weighted by atomic mass is 32.2. The summed E-state index contributed by atoms with van der Waals surface area (Å²) in [5, 5.41) is 11.0. The van der Waals surface area contributed by atoms with Crippen LogP contribution in [0.3, 0.4) is 0 Å². The van der Waals surface area contributed by atoms with Crippen molar-refractivity contribution in [3.63, 3.8) is 0 Å². The fraction of sp³-hybridized carbons (Fsp3) is 0.357. The average Bonchev–Trinajstić information content (AvgIpc) is 2.90. The van der Waals surface area contributed by atoms with Gasteiger partial charge in [-0.25, -0.2) is 9.07 Å². The third kappa shape index (κ3) is 5.13. The molecule has 2 rings (SSSR count).